The van der Waals surface area contributed by atoms with Gasteiger partial charge in [-0.3, -0.25) is 13.9 Å². The van der Waals surface area contributed by atoms with Crippen LogP contribution >= 0.6 is 11.6 Å². The molecular weight excluding hydrogens is 541 g/mol. The first kappa shape index (κ1) is 30.1. The second kappa shape index (κ2) is 13.1. The Morgan fingerprint density at radius 1 is 0.949 bits per heavy atom. The van der Waals surface area contributed by atoms with Gasteiger partial charge in [0.2, 0.25) is 11.8 Å². The number of carbonyl (C=O) groups excluding carboxylic acids is 2. The first-order chi connectivity index (χ1) is 18.4. The van der Waals surface area contributed by atoms with Gasteiger partial charge in [-0.1, -0.05) is 48.4 Å². The maximum Gasteiger partial charge on any atom is 0.264 e. The molecule has 3 aromatic carbocycles. The Bertz CT molecular complexity index is 1380. The summed E-state index contributed by atoms with van der Waals surface area (Å²) in [6.45, 7) is 6.67. The zero-order valence-electron chi connectivity index (χ0n) is 22.4. The Labute approximate surface area is 234 Å². The van der Waals surface area contributed by atoms with E-state index in [9.17, 15) is 22.4 Å². The predicted molar refractivity (Wildman–Crippen MR) is 151 cm³/mol. The Morgan fingerprint density at radius 3 is 2.10 bits per heavy atom. The van der Waals surface area contributed by atoms with Crippen molar-refractivity contribution in [1.82, 2.24) is 10.2 Å². The number of nitrogens with one attached hydrogen (secondary N) is 1. The number of aryl methyl sites for hydroxylation is 1. The number of hydrogen-bond donors (Lipinski definition) is 1. The van der Waals surface area contributed by atoms with Crippen LogP contribution in [0.2, 0.25) is 5.02 Å². The molecule has 2 amide bonds. The van der Waals surface area contributed by atoms with Crippen LogP contribution in [0.4, 0.5) is 10.1 Å². The van der Waals surface area contributed by atoms with Crippen LogP contribution in [0, 0.1) is 12.7 Å². The first-order valence-corrected chi connectivity index (χ1v) is 14.4. The molecule has 2 unspecified atom stereocenters. The molecule has 0 aliphatic heterocycles. The SMILES string of the molecule is CCC(C)NC(=O)C(C)N(Cc1ccc(Cl)cc1)C(=O)CN(c1ccc(F)cc1)S(=O)(=O)c1ccc(C)cc1. The van der Waals surface area contributed by atoms with Crippen molar-refractivity contribution in [3.05, 3.63) is 94.8 Å². The monoisotopic (exact) mass is 573 g/mol. The quantitative estimate of drug-likeness (QED) is 0.337. The van der Waals surface area contributed by atoms with Crippen LogP contribution in [0.1, 0.15) is 38.3 Å². The van der Waals surface area contributed by atoms with E-state index < -0.39 is 34.3 Å². The summed E-state index contributed by atoms with van der Waals surface area (Å²) in [4.78, 5) is 28.2. The van der Waals surface area contributed by atoms with Gasteiger partial charge in [-0.15, -0.1) is 0 Å². The van der Waals surface area contributed by atoms with Crippen molar-refractivity contribution in [2.45, 2.75) is 57.6 Å². The predicted octanol–water partition coefficient (Wildman–Crippen LogP) is 5.31. The molecule has 0 radical (unpaired) electrons. The molecule has 0 saturated heterocycles. The van der Waals surface area contributed by atoms with Crippen LogP contribution in [0.3, 0.4) is 0 Å². The van der Waals surface area contributed by atoms with E-state index in [2.05, 4.69) is 5.32 Å². The van der Waals surface area contributed by atoms with Gasteiger partial charge in [0.05, 0.1) is 10.6 Å². The number of amides is 2. The lowest BCUT2D eigenvalue weighted by atomic mass is 10.1. The van der Waals surface area contributed by atoms with Crippen molar-refractivity contribution in [2.75, 3.05) is 10.8 Å². The van der Waals surface area contributed by atoms with Gasteiger partial charge >= 0.3 is 0 Å². The third-order valence-electron chi connectivity index (χ3n) is 6.44. The largest absolute Gasteiger partial charge is 0.352 e. The molecule has 0 spiro atoms. The molecular formula is C29H33ClFN3O4S. The molecule has 0 aromatic heterocycles. The number of sulfonamides is 1. The van der Waals surface area contributed by atoms with Crippen molar-refractivity contribution in [1.29, 1.82) is 0 Å². The molecule has 0 aliphatic carbocycles. The third-order valence-corrected chi connectivity index (χ3v) is 8.48. The van der Waals surface area contributed by atoms with Gasteiger partial charge in [0, 0.05) is 17.6 Å². The fourth-order valence-electron chi connectivity index (χ4n) is 3.81. The summed E-state index contributed by atoms with van der Waals surface area (Å²) in [5.41, 5.74) is 1.70. The van der Waals surface area contributed by atoms with E-state index in [1.165, 1.54) is 29.2 Å². The van der Waals surface area contributed by atoms with Gasteiger partial charge in [-0.25, -0.2) is 12.8 Å². The fraction of sp³-hybridized carbons (Fsp3) is 0.310. The number of rotatable bonds is 11. The highest BCUT2D eigenvalue weighted by Gasteiger charge is 2.32. The van der Waals surface area contributed by atoms with Crippen LogP contribution < -0.4 is 9.62 Å². The van der Waals surface area contributed by atoms with Crippen molar-refractivity contribution in [2.24, 2.45) is 0 Å². The molecule has 39 heavy (non-hydrogen) atoms. The van der Waals surface area contributed by atoms with Gasteiger partial charge in [0.25, 0.3) is 10.0 Å². The van der Waals surface area contributed by atoms with Crippen molar-refractivity contribution in [3.63, 3.8) is 0 Å². The number of halogens is 2. The minimum absolute atomic E-state index is 0.0166. The number of carbonyl (C=O) groups is 2. The summed E-state index contributed by atoms with van der Waals surface area (Å²) >= 11 is 6.02. The Balaban J connectivity index is 2.01. The summed E-state index contributed by atoms with van der Waals surface area (Å²) in [5.74, 6) is -1.50. The van der Waals surface area contributed by atoms with Crippen LogP contribution in [0.15, 0.2) is 77.7 Å². The average molecular weight is 574 g/mol. The molecule has 0 bridgehead atoms. The molecule has 7 nitrogen and oxygen atoms in total. The summed E-state index contributed by atoms with van der Waals surface area (Å²) in [7, 11) is -4.21. The van der Waals surface area contributed by atoms with E-state index in [0.29, 0.717) is 17.0 Å². The lowest BCUT2D eigenvalue weighted by Crippen LogP contribution is -2.52. The van der Waals surface area contributed by atoms with Gasteiger partial charge < -0.3 is 10.2 Å². The summed E-state index contributed by atoms with van der Waals surface area (Å²) in [6, 6.07) is 16.9. The molecule has 0 heterocycles. The van der Waals surface area contributed by atoms with Crippen molar-refractivity contribution < 1.29 is 22.4 Å². The molecule has 0 saturated carbocycles. The normalized spacial score (nSPS) is 12.9. The maximum absolute atomic E-state index is 13.8. The number of anilines is 1. The highest BCUT2D eigenvalue weighted by Crippen LogP contribution is 2.25. The summed E-state index contributed by atoms with van der Waals surface area (Å²) in [6.07, 6.45) is 0.705. The van der Waals surface area contributed by atoms with Crippen LogP contribution in [-0.4, -0.2) is 43.8 Å². The molecule has 0 fully saturated rings. The topological polar surface area (TPSA) is 86.8 Å². The Kier molecular flexibility index (Phi) is 10.1. The van der Waals surface area contributed by atoms with Gasteiger partial charge in [0.15, 0.2) is 0 Å². The van der Waals surface area contributed by atoms with Gasteiger partial charge in [-0.2, -0.15) is 0 Å². The lowest BCUT2D eigenvalue weighted by molar-refractivity contribution is -0.139. The molecule has 3 rings (SSSR count). The molecule has 208 valence electrons. The fourth-order valence-corrected chi connectivity index (χ4v) is 5.35. The smallest absolute Gasteiger partial charge is 0.264 e. The van der Waals surface area contributed by atoms with Gasteiger partial charge in [-0.05, 0) is 81.3 Å². The van der Waals surface area contributed by atoms with Crippen LogP contribution in [0.5, 0.6) is 0 Å². The summed E-state index contributed by atoms with van der Waals surface area (Å²) < 4.78 is 42.1. The van der Waals surface area contributed by atoms with Crippen LogP contribution in [0.25, 0.3) is 0 Å². The zero-order valence-corrected chi connectivity index (χ0v) is 24.0. The van der Waals surface area contributed by atoms with Crippen molar-refractivity contribution in [3.8, 4) is 0 Å². The second-order valence-electron chi connectivity index (χ2n) is 9.44. The molecule has 1 N–H and O–H groups in total. The number of hydrogen-bond acceptors (Lipinski definition) is 4. The maximum atomic E-state index is 13.8. The van der Waals surface area contributed by atoms with E-state index in [1.54, 1.807) is 43.3 Å². The molecule has 10 heteroatoms. The van der Waals surface area contributed by atoms with E-state index in [1.807, 2.05) is 20.8 Å². The minimum atomic E-state index is -4.21. The third kappa shape index (κ3) is 7.80. The highest BCUT2D eigenvalue weighted by atomic mass is 35.5. The van der Waals surface area contributed by atoms with Gasteiger partial charge in [0.1, 0.15) is 18.4 Å². The van der Waals surface area contributed by atoms with E-state index in [4.69, 9.17) is 11.6 Å². The Hall–Kier alpha value is -3.43. The number of nitrogens with zero attached hydrogens (tertiary/aromatic N) is 2. The Morgan fingerprint density at radius 2 is 1.54 bits per heavy atom. The van der Waals surface area contributed by atoms with E-state index >= 15 is 0 Å². The number of benzene rings is 3. The minimum Gasteiger partial charge on any atom is -0.352 e. The highest BCUT2D eigenvalue weighted by molar-refractivity contribution is 7.92. The molecule has 2 atom stereocenters. The molecule has 3 aromatic rings. The lowest BCUT2D eigenvalue weighted by Gasteiger charge is -2.32. The summed E-state index contributed by atoms with van der Waals surface area (Å²) in [5, 5.41) is 3.40. The van der Waals surface area contributed by atoms with E-state index in [-0.39, 0.29) is 29.1 Å². The first-order valence-electron chi connectivity index (χ1n) is 12.6. The van der Waals surface area contributed by atoms with E-state index in [0.717, 1.165) is 22.0 Å². The molecule has 0 aliphatic rings. The van der Waals surface area contributed by atoms with Crippen molar-refractivity contribution >= 4 is 39.1 Å². The standard InChI is InChI=1S/C29H33ClFN3O4S/c1-5-21(3)32-29(36)22(4)33(18-23-8-10-24(30)11-9-23)28(35)19-34(26-14-12-25(31)13-15-26)39(37,38)27-16-6-20(2)7-17-27/h6-17,21-22H,5,18-19H2,1-4H3,(H,32,36). The average Bonchev–Trinajstić information content (AvgIpc) is 2.91. The second-order valence-corrected chi connectivity index (χ2v) is 11.7. The van der Waals surface area contributed by atoms with Crippen LogP contribution in [-0.2, 0) is 26.2 Å². The zero-order chi connectivity index (χ0) is 28.7.